The van der Waals surface area contributed by atoms with E-state index in [4.69, 9.17) is 15.7 Å². The summed E-state index contributed by atoms with van der Waals surface area (Å²) in [5, 5.41) is 9.71. The van der Waals surface area contributed by atoms with E-state index < -0.39 is 18.4 Å². The minimum absolute atomic E-state index is 0.111. The van der Waals surface area contributed by atoms with Gasteiger partial charge in [-0.1, -0.05) is 18.2 Å². The maximum absolute atomic E-state index is 12.8. The molecule has 132 valence electrons. The van der Waals surface area contributed by atoms with Gasteiger partial charge in [0.25, 0.3) is 0 Å². The highest BCUT2D eigenvalue weighted by Crippen LogP contribution is 2.29. The fraction of sp³-hybridized carbons (Fsp3) is 0.300. The number of aryl methyl sites for hydroxylation is 1. The fourth-order valence-corrected chi connectivity index (χ4v) is 3.25. The second-order valence-electron chi connectivity index (χ2n) is 6.31. The molecular weight excluding hydrogens is 330 g/mol. The summed E-state index contributed by atoms with van der Waals surface area (Å²) in [5.41, 5.74) is 8.49. The number of pyridine rings is 1. The summed E-state index contributed by atoms with van der Waals surface area (Å²) in [4.78, 5) is 29.5. The highest BCUT2D eigenvalue weighted by Gasteiger charge is 2.24. The van der Waals surface area contributed by atoms with Crippen molar-refractivity contribution in [3.05, 3.63) is 52.4 Å². The minimum Gasteiger partial charge on any atom is -0.454 e. The molecule has 2 N–H and O–H groups in total. The van der Waals surface area contributed by atoms with Gasteiger partial charge in [-0.2, -0.15) is 5.26 Å². The van der Waals surface area contributed by atoms with Crippen LogP contribution in [0.25, 0.3) is 10.9 Å². The summed E-state index contributed by atoms with van der Waals surface area (Å²) in [5.74, 6) is -1.17. The van der Waals surface area contributed by atoms with Gasteiger partial charge < -0.3 is 10.5 Å². The molecule has 1 heterocycles. The molecule has 0 atom stereocenters. The van der Waals surface area contributed by atoms with Crippen LogP contribution in [0, 0.1) is 11.3 Å². The van der Waals surface area contributed by atoms with Crippen LogP contribution in [0.1, 0.15) is 41.4 Å². The van der Waals surface area contributed by atoms with Crippen LogP contribution in [0.15, 0.2) is 35.5 Å². The number of nitrogens with zero attached hydrogens (tertiary/aromatic N) is 2. The molecule has 0 aliphatic heterocycles. The van der Waals surface area contributed by atoms with E-state index in [2.05, 4.69) is 4.98 Å². The van der Waals surface area contributed by atoms with E-state index in [0.29, 0.717) is 5.56 Å². The van der Waals surface area contributed by atoms with Crippen molar-refractivity contribution in [2.24, 2.45) is 5.73 Å². The van der Waals surface area contributed by atoms with Crippen LogP contribution in [0.5, 0.6) is 0 Å². The molecule has 0 fully saturated rings. The lowest BCUT2D eigenvalue weighted by Crippen LogP contribution is -2.20. The molecule has 0 saturated carbocycles. The number of carbonyl (C=O) groups is 2. The Labute approximate surface area is 151 Å². The Morgan fingerprint density at radius 1 is 1.27 bits per heavy atom. The van der Waals surface area contributed by atoms with Crippen molar-refractivity contribution in [1.82, 2.24) is 4.98 Å². The van der Waals surface area contributed by atoms with Gasteiger partial charge in [0.2, 0.25) is 5.78 Å². The molecule has 1 aromatic carbocycles. The molecule has 3 rings (SSSR count). The van der Waals surface area contributed by atoms with Crippen molar-refractivity contribution >= 4 is 22.7 Å². The lowest BCUT2D eigenvalue weighted by molar-refractivity contribution is -0.118. The van der Waals surface area contributed by atoms with Crippen molar-refractivity contribution in [2.75, 3.05) is 6.61 Å². The molecule has 6 heteroatoms. The average Bonchev–Trinajstić information content (AvgIpc) is 2.64. The van der Waals surface area contributed by atoms with E-state index in [0.717, 1.165) is 47.8 Å². The Balaban J connectivity index is 1.95. The third kappa shape index (κ3) is 3.29. The number of rotatable bonds is 4. The smallest absolute Gasteiger partial charge is 0.339 e. The molecule has 0 spiro atoms. The number of para-hydroxylation sites is 1. The van der Waals surface area contributed by atoms with E-state index in [1.54, 1.807) is 6.07 Å². The summed E-state index contributed by atoms with van der Waals surface area (Å²) in [6.45, 7) is 0.951. The summed E-state index contributed by atoms with van der Waals surface area (Å²) >= 11 is 0. The summed E-state index contributed by atoms with van der Waals surface area (Å²) in [6.07, 6.45) is 3.61. The first-order valence-electron chi connectivity index (χ1n) is 8.50. The Kier molecular flexibility index (Phi) is 4.99. The summed E-state index contributed by atoms with van der Waals surface area (Å²) in [6, 6.07) is 9.16. The number of nitriles is 1. The summed E-state index contributed by atoms with van der Waals surface area (Å²) < 4.78 is 5.24. The molecule has 0 radical (unpaired) electrons. The van der Waals surface area contributed by atoms with Gasteiger partial charge in [0.05, 0.1) is 11.1 Å². The highest BCUT2D eigenvalue weighted by atomic mass is 16.5. The van der Waals surface area contributed by atoms with E-state index in [9.17, 15) is 9.59 Å². The molecule has 1 aromatic heterocycles. The number of benzene rings is 1. The van der Waals surface area contributed by atoms with Gasteiger partial charge in [0.1, 0.15) is 11.6 Å². The third-order valence-corrected chi connectivity index (χ3v) is 4.49. The van der Waals surface area contributed by atoms with Crippen molar-refractivity contribution in [2.45, 2.75) is 32.6 Å². The van der Waals surface area contributed by atoms with Crippen LogP contribution in [0.4, 0.5) is 0 Å². The van der Waals surface area contributed by atoms with Crippen LogP contribution >= 0.6 is 0 Å². The number of ether oxygens (including phenoxy) is 1. The van der Waals surface area contributed by atoms with Crippen LogP contribution in [-0.2, 0) is 22.4 Å². The van der Waals surface area contributed by atoms with Crippen molar-refractivity contribution in [3.63, 3.8) is 0 Å². The Morgan fingerprint density at radius 2 is 2.00 bits per heavy atom. The number of carbonyl (C=O) groups excluding carboxylic acids is 2. The number of fused-ring (bicyclic) bond motifs is 2. The molecule has 26 heavy (non-hydrogen) atoms. The quantitative estimate of drug-likeness (QED) is 0.516. The molecule has 0 saturated heterocycles. The molecule has 2 aromatic rings. The lowest BCUT2D eigenvalue weighted by Gasteiger charge is -2.19. The first kappa shape index (κ1) is 17.6. The number of Topliss-reactive ketones (excluding diaryl/α,β-unsaturated/α-hetero) is 1. The topological polar surface area (TPSA) is 106 Å². The van der Waals surface area contributed by atoms with Crippen LogP contribution in [0.3, 0.4) is 0 Å². The zero-order valence-corrected chi connectivity index (χ0v) is 14.5. The Morgan fingerprint density at radius 3 is 2.73 bits per heavy atom. The molecule has 0 amide bonds. The third-order valence-electron chi connectivity index (χ3n) is 4.49. The van der Waals surface area contributed by atoms with Gasteiger partial charge in [-0.15, -0.1) is 0 Å². The number of hydrogen-bond acceptors (Lipinski definition) is 6. The molecule has 0 bridgehead atoms. The zero-order chi connectivity index (χ0) is 18.7. The van der Waals surface area contributed by atoms with Gasteiger partial charge in [0, 0.05) is 16.8 Å². The Bertz CT molecular complexity index is 966. The lowest BCUT2D eigenvalue weighted by atomic mass is 9.90. The van der Waals surface area contributed by atoms with Gasteiger partial charge in [-0.25, -0.2) is 4.79 Å². The Hall–Kier alpha value is -3.20. The average molecular weight is 349 g/mol. The highest BCUT2D eigenvalue weighted by molar-refractivity contribution is 6.07. The molecule has 6 nitrogen and oxygen atoms in total. The largest absolute Gasteiger partial charge is 0.454 e. The molecule has 1 aliphatic rings. The molecule has 0 unspecified atom stereocenters. The van der Waals surface area contributed by atoms with Crippen molar-refractivity contribution in [1.29, 1.82) is 5.26 Å². The van der Waals surface area contributed by atoms with Gasteiger partial charge in [0.15, 0.2) is 6.61 Å². The van der Waals surface area contributed by atoms with Crippen LogP contribution < -0.4 is 5.73 Å². The SMILES string of the molecule is C/C(N)=C(\C#N)C(=O)COC(=O)c1c2c(nc3ccccc13)CCCC2. The predicted molar refractivity (Wildman–Crippen MR) is 96.2 cm³/mol. The molecule has 1 aliphatic carbocycles. The molecular formula is C20H19N3O3. The van der Waals surface area contributed by atoms with Crippen LogP contribution in [0.2, 0.25) is 0 Å². The van der Waals surface area contributed by atoms with E-state index in [1.165, 1.54) is 6.92 Å². The number of hydrogen-bond donors (Lipinski definition) is 1. The maximum Gasteiger partial charge on any atom is 0.339 e. The van der Waals surface area contributed by atoms with Crippen molar-refractivity contribution in [3.8, 4) is 6.07 Å². The number of allylic oxidation sites excluding steroid dienone is 1. The summed E-state index contributed by atoms with van der Waals surface area (Å²) in [7, 11) is 0. The number of aromatic nitrogens is 1. The zero-order valence-electron chi connectivity index (χ0n) is 14.5. The van der Waals surface area contributed by atoms with Gasteiger partial charge in [-0.05, 0) is 44.2 Å². The monoisotopic (exact) mass is 349 g/mol. The van der Waals surface area contributed by atoms with Gasteiger partial charge >= 0.3 is 5.97 Å². The minimum atomic E-state index is -0.604. The second-order valence-corrected chi connectivity index (χ2v) is 6.31. The predicted octanol–water partition coefficient (Wildman–Crippen LogP) is 2.60. The first-order chi connectivity index (χ1) is 12.5. The second kappa shape index (κ2) is 7.36. The standard InChI is InChI=1S/C20H19N3O3/c1-12(22)15(10-21)18(24)11-26-20(25)19-13-6-2-4-8-16(13)23-17-9-5-3-7-14(17)19/h2,4,6,8H,3,5,7,9,11,22H2,1H3/b15-12-. The maximum atomic E-state index is 12.8. The first-order valence-corrected chi connectivity index (χ1v) is 8.50. The van der Waals surface area contributed by atoms with E-state index in [-0.39, 0.29) is 11.3 Å². The normalized spacial score (nSPS) is 14.2. The number of nitrogens with two attached hydrogens (primary N) is 1. The van der Waals surface area contributed by atoms with Crippen molar-refractivity contribution < 1.29 is 14.3 Å². The van der Waals surface area contributed by atoms with Gasteiger partial charge in [-0.3, -0.25) is 9.78 Å². The fourth-order valence-electron chi connectivity index (χ4n) is 3.25. The number of esters is 1. The van der Waals surface area contributed by atoms with E-state index in [1.807, 2.05) is 24.3 Å². The number of ketones is 1. The van der Waals surface area contributed by atoms with E-state index >= 15 is 0 Å². The van der Waals surface area contributed by atoms with Crippen LogP contribution in [-0.4, -0.2) is 23.3 Å².